The van der Waals surface area contributed by atoms with Crippen molar-refractivity contribution in [2.75, 3.05) is 13.1 Å². The van der Waals surface area contributed by atoms with Crippen LogP contribution in [0.2, 0.25) is 0 Å². The van der Waals surface area contributed by atoms with E-state index >= 15 is 0 Å². The summed E-state index contributed by atoms with van der Waals surface area (Å²) < 4.78 is 0. The highest BCUT2D eigenvalue weighted by atomic mass is 32.1. The van der Waals surface area contributed by atoms with Crippen LogP contribution in [0.4, 0.5) is 0 Å². The average molecular weight is 281 g/mol. The number of carbonyl (C=O) groups is 2. The summed E-state index contributed by atoms with van der Waals surface area (Å²) in [6.45, 7) is 3.03. The maximum atomic E-state index is 12.1. The zero-order valence-electron chi connectivity index (χ0n) is 11.1. The van der Waals surface area contributed by atoms with Crippen LogP contribution in [0.15, 0.2) is 17.5 Å². The van der Waals surface area contributed by atoms with Crippen molar-refractivity contribution in [3.05, 3.63) is 22.4 Å². The molecule has 4 nitrogen and oxygen atoms in total. The van der Waals surface area contributed by atoms with E-state index in [4.69, 9.17) is 0 Å². The van der Waals surface area contributed by atoms with E-state index in [0.717, 1.165) is 4.88 Å². The van der Waals surface area contributed by atoms with Crippen LogP contribution in [0.3, 0.4) is 0 Å². The molecule has 0 spiro atoms. The SMILES string of the molecule is CCC1(C(=O)O)CCN(C(=O)Cc2cccs2)CC1. The largest absolute Gasteiger partial charge is 0.481 e. The van der Waals surface area contributed by atoms with E-state index in [-0.39, 0.29) is 5.91 Å². The van der Waals surface area contributed by atoms with E-state index in [2.05, 4.69) is 0 Å². The molecule has 1 aromatic heterocycles. The molecule has 5 heteroatoms. The summed E-state index contributed by atoms with van der Waals surface area (Å²) in [5.41, 5.74) is -0.625. The predicted octanol–water partition coefficient (Wildman–Crippen LogP) is 2.39. The Morgan fingerprint density at radius 1 is 1.42 bits per heavy atom. The van der Waals surface area contributed by atoms with E-state index in [1.807, 2.05) is 24.4 Å². The van der Waals surface area contributed by atoms with Gasteiger partial charge in [-0.05, 0) is 30.7 Å². The number of carbonyl (C=O) groups excluding carboxylic acids is 1. The van der Waals surface area contributed by atoms with Gasteiger partial charge in [0.1, 0.15) is 0 Å². The molecular weight excluding hydrogens is 262 g/mol. The predicted molar refractivity (Wildman–Crippen MR) is 74.2 cm³/mol. The number of thiophene rings is 1. The molecular formula is C14H19NO3S. The van der Waals surface area contributed by atoms with Crippen LogP contribution in [-0.2, 0) is 16.0 Å². The van der Waals surface area contributed by atoms with Crippen LogP contribution in [0.1, 0.15) is 31.1 Å². The Bertz CT molecular complexity index is 447. The van der Waals surface area contributed by atoms with Gasteiger partial charge in [0.15, 0.2) is 0 Å². The van der Waals surface area contributed by atoms with Gasteiger partial charge in [-0.3, -0.25) is 9.59 Å². The molecule has 1 N–H and O–H groups in total. The van der Waals surface area contributed by atoms with Gasteiger partial charge in [-0.1, -0.05) is 13.0 Å². The minimum atomic E-state index is -0.722. The first-order chi connectivity index (χ1) is 9.07. The van der Waals surface area contributed by atoms with Gasteiger partial charge in [-0.2, -0.15) is 0 Å². The third-order valence-electron chi connectivity index (χ3n) is 4.11. The van der Waals surface area contributed by atoms with E-state index in [9.17, 15) is 14.7 Å². The molecule has 0 aliphatic carbocycles. The Morgan fingerprint density at radius 3 is 2.58 bits per heavy atom. The molecule has 1 fully saturated rings. The number of piperidine rings is 1. The Labute approximate surface area is 117 Å². The van der Waals surface area contributed by atoms with Gasteiger partial charge in [-0.15, -0.1) is 11.3 Å². The number of hydrogen-bond donors (Lipinski definition) is 1. The van der Waals surface area contributed by atoms with Gasteiger partial charge in [0, 0.05) is 18.0 Å². The fraction of sp³-hybridized carbons (Fsp3) is 0.571. The highest BCUT2D eigenvalue weighted by Crippen LogP contribution is 2.35. The standard InChI is InChI=1S/C14H19NO3S/c1-2-14(13(17)18)5-7-15(8-6-14)12(16)10-11-4-3-9-19-11/h3-4,9H,2,5-8,10H2,1H3,(H,17,18). The van der Waals surface area contributed by atoms with Crippen molar-refractivity contribution in [3.63, 3.8) is 0 Å². The first kappa shape index (κ1) is 14.1. The molecule has 0 saturated carbocycles. The van der Waals surface area contributed by atoms with Gasteiger partial charge in [0.25, 0.3) is 0 Å². The fourth-order valence-electron chi connectivity index (χ4n) is 2.58. The molecule has 0 bridgehead atoms. The summed E-state index contributed by atoms with van der Waals surface area (Å²) in [7, 11) is 0. The monoisotopic (exact) mass is 281 g/mol. The molecule has 1 saturated heterocycles. The summed E-state index contributed by atoms with van der Waals surface area (Å²) in [5.74, 6) is -0.613. The lowest BCUT2D eigenvalue weighted by Gasteiger charge is -2.38. The van der Waals surface area contributed by atoms with Gasteiger partial charge < -0.3 is 10.0 Å². The van der Waals surface area contributed by atoms with Crippen molar-refractivity contribution in [1.82, 2.24) is 4.90 Å². The number of aliphatic carboxylic acids is 1. The second-order valence-corrected chi connectivity index (χ2v) is 6.11. The Balaban J connectivity index is 1.92. The molecule has 0 radical (unpaired) electrons. The van der Waals surface area contributed by atoms with Crippen molar-refractivity contribution in [2.24, 2.45) is 5.41 Å². The number of amides is 1. The van der Waals surface area contributed by atoms with Crippen molar-refractivity contribution in [2.45, 2.75) is 32.6 Å². The van der Waals surface area contributed by atoms with Crippen LogP contribution < -0.4 is 0 Å². The molecule has 1 amide bonds. The molecule has 0 unspecified atom stereocenters. The molecule has 19 heavy (non-hydrogen) atoms. The quantitative estimate of drug-likeness (QED) is 0.922. The molecule has 1 aliphatic rings. The highest BCUT2D eigenvalue weighted by Gasteiger charge is 2.40. The number of nitrogens with zero attached hydrogens (tertiary/aromatic N) is 1. The minimum absolute atomic E-state index is 0.109. The van der Waals surface area contributed by atoms with Crippen molar-refractivity contribution in [1.29, 1.82) is 0 Å². The zero-order valence-corrected chi connectivity index (χ0v) is 11.9. The maximum absolute atomic E-state index is 12.1. The summed E-state index contributed by atoms with van der Waals surface area (Å²) in [4.78, 5) is 26.3. The van der Waals surface area contributed by atoms with Crippen LogP contribution in [-0.4, -0.2) is 35.0 Å². The average Bonchev–Trinajstić information content (AvgIpc) is 2.91. The number of carboxylic acid groups (broad SMARTS) is 1. The highest BCUT2D eigenvalue weighted by molar-refractivity contribution is 7.10. The first-order valence-corrected chi connectivity index (χ1v) is 7.49. The minimum Gasteiger partial charge on any atom is -0.481 e. The Morgan fingerprint density at radius 2 is 2.11 bits per heavy atom. The second-order valence-electron chi connectivity index (χ2n) is 5.08. The molecule has 0 aromatic carbocycles. The number of likely N-dealkylation sites (tertiary alicyclic amines) is 1. The van der Waals surface area contributed by atoms with Crippen LogP contribution in [0, 0.1) is 5.41 Å². The normalized spacial score (nSPS) is 18.3. The molecule has 2 heterocycles. The molecule has 2 rings (SSSR count). The summed E-state index contributed by atoms with van der Waals surface area (Å²) in [6, 6.07) is 3.90. The van der Waals surface area contributed by atoms with E-state index in [1.165, 1.54) is 0 Å². The number of carboxylic acids is 1. The molecule has 104 valence electrons. The van der Waals surface area contributed by atoms with Crippen LogP contribution >= 0.6 is 11.3 Å². The Hall–Kier alpha value is -1.36. The van der Waals surface area contributed by atoms with E-state index in [0.29, 0.717) is 38.8 Å². The van der Waals surface area contributed by atoms with Crippen molar-refractivity contribution in [3.8, 4) is 0 Å². The van der Waals surface area contributed by atoms with Gasteiger partial charge in [0.2, 0.25) is 5.91 Å². The van der Waals surface area contributed by atoms with Crippen molar-refractivity contribution >= 4 is 23.2 Å². The summed E-state index contributed by atoms with van der Waals surface area (Å²) >= 11 is 1.58. The fourth-order valence-corrected chi connectivity index (χ4v) is 3.27. The van der Waals surface area contributed by atoms with Crippen LogP contribution in [0.25, 0.3) is 0 Å². The molecule has 1 aromatic rings. The van der Waals surface area contributed by atoms with Gasteiger partial charge in [0.05, 0.1) is 11.8 Å². The number of hydrogen-bond acceptors (Lipinski definition) is 3. The van der Waals surface area contributed by atoms with Gasteiger partial charge >= 0.3 is 5.97 Å². The zero-order chi connectivity index (χ0) is 13.9. The molecule has 0 atom stereocenters. The van der Waals surface area contributed by atoms with E-state index in [1.54, 1.807) is 16.2 Å². The first-order valence-electron chi connectivity index (χ1n) is 6.61. The number of rotatable bonds is 4. The maximum Gasteiger partial charge on any atom is 0.309 e. The smallest absolute Gasteiger partial charge is 0.309 e. The summed E-state index contributed by atoms with van der Waals surface area (Å²) in [5, 5.41) is 11.3. The lowest BCUT2D eigenvalue weighted by Crippen LogP contribution is -2.46. The Kier molecular flexibility index (Phi) is 4.24. The van der Waals surface area contributed by atoms with Crippen LogP contribution in [0.5, 0.6) is 0 Å². The molecule has 1 aliphatic heterocycles. The lowest BCUT2D eigenvalue weighted by molar-refractivity contribution is -0.154. The summed E-state index contributed by atoms with van der Waals surface area (Å²) in [6.07, 6.45) is 2.20. The third kappa shape index (κ3) is 2.97. The second kappa shape index (κ2) is 5.74. The van der Waals surface area contributed by atoms with Gasteiger partial charge in [-0.25, -0.2) is 0 Å². The topological polar surface area (TPSA) is 57.6 Å². The van der Waals surface area contributed by atoms with E-state index < -0.39 is 11.4 Å². The lowest BCUT2D eigenvalue weighted by atomic mass is 9.76. The third-order valence-corrected chi connectivity index (χ3v) is 4.99. The van der Waals surface area contributed by atoms with Crippen molar-refractivity contribution < 1.29 is 14.7 Å².